The summed E-state index contributed by atoms with van der Waals surface area (Å²) in [5.41, 5.74) is 0.923. The minimum Gasteiger partial charge on any atom is -0.309 e. The topological polar surface area (TPSA) is 87.5 Å². The molecule has 2 fully saturated rings. The summed E-state index contributed by atoms with van der Waals surface area (Å²) < 4.78 is 1.84. The van der Waals surface area contributed by atoms with Crippen LogP contribution < -0.4 is 5.32 Å². The van der Waals surface area contributed by atoms with E-state index in [0.717, 1.165) is 41.0 Å². The van der Waals surface area contributed by atoms with Crippen LogP contribution >= 0.6 is 11.3 Å². The normalized spacial score (nSPS) is 19.0. The number of thiophene rings is 1. The molecule has 33 heavy (non-hydrogen) atoms. The lowest BCUT2D eigenvalue weighted by Gasteiger charge is -2.21. The van der Waals surface area contributed by atoms with Crippen molar-refractivity contribution in [3.05, 3.63) is 70.5 Å². The molecule has 0 radical (unpaired) electrons. The number of nitrogens with zero attached hydrogens (tertiary/aromatic N) is 4. The first-order valence-corrected chi connectivity index (χ1v) is 12.0. The molecule has 1 saturated carbocycles. The van der Waals surface area contributed by atoms with Crippen molar-refractivity contribution in [3.8, 4) is 0 Å². The zero-order chi connectivity index (χ0) is 22.8. The van der Waals surface area contributed by atoms with Crippen LogP contribution in [-0.4, -0.2) is 44.0 Å². The van der Waals surface area contributed by atoms with Crippen LogP contribution in [0.1, 0.15) is 48.2 Å². The van der Waals surface area contributed by atoms with Crippen LogP contribution in [0, 0.1) is 0 Å². The molecule has 4 amide bonds. The lowest BCUT2D eigenvalue weighted by atomic mass is 10.1. The summed E-state index contributed by atoms with van der Waals surface area (Å²) in [6.07, 6.45) is 6.02. The molecule has 1 atom stereocenters. The highest BCUT2D eigenvalue weighted by Gasteiger charge is 2.47. The first-order chi connectivity index (χ1) is 16.1. The number of carbonyl (C=O) groups excluding carboxylic acids is 3. The van der Waals surface area contributed by atoms with Gasteiger partial charge in [0.05, 0.1) is 12.2 Å². The van der Waals surface area contributed by atoms with Gasteiger partial charge in [-0.15, -0.1) is 11.3 Å². The minimum absolute atomic E-state index is 0.273. The van der Waals surface area contributed by atoms with Crippen LogP contribution in [-0.2, 0) is 16.1 Å². The number of benzene rings is 1. The number of anilines is 1. The van der Waals surface area contributed by atoms with Crippen LogP contribution in [0.3, 0.4) is 0 Å². The second-order valence-corrected chi connectivity index (χ2v) is 9.37. The third-order valence-electron chi connectivity index (χ3n) is 6.21. The van der Waals surface area contributed by atoms with E-state index >= 15 is 0 Å². The molecule has 9 heteroatoms. The van der Waals surface area contributed by atoms with Gasteiger partial charge in [0.2, 0.25) is 5.91 Å². The first-order valence-electron chi connectivity index (χ1n) is 11.1. The zero-order valence-corrected chi connectivity index (χ0v) is 18.9. The van der Waals surface area contributed by atoms with E-state index in [-0.39, 0.29) is 18.5 Å². The molecular weight excluding hydrogens is 438 g/mol. The molecule has 0 spiro atoms. The molecule has 1 aliphatic carbocycles. The summed E-state index contributed by atoms with van der Waals surface area (Å²) in [5, 5.41) is 9.10. The van der Waals surface area contributed by atoms with E-state index in [1.54, 1.807) is 17.2 Å². The quantitative estimate of drug-likeness (QED) is 0.532. The van der Waals surface area contributed by atoms with E-state index in [1.165, 1.54) is 11.3 Å². The molecule has 5 rings (SSSR count). The molecule has 1 aliphatic heterocycles. The van der Waals surface area contributed by atoms with Gasteiger partial charge in [0, 0.05) is 17.5 Å². The van der Waals surface area contributed by atoms with Gasteiger partial charge in [-0.3, -0.25) is 14.5 Å². The monoisotopic (exact) mass is 463 g/mol. The maximum atomic E-state index is 13.3. The summed E-state index contributed by atoms with van der Waals surface area (Å²) in [6, 6.07) is 14.1. The van der Waals surface area contributed by atoms with Crippen molar-refractivity contribution in [1.29, 1.82) is 0 Å². The number of hydrogen-bond acceptors (Lipinski definition) is 5. The van der Waals surface area contributed by atoms with Gasteiger partial charge in [0.25, 0.3) is 5.91 Å². The number of nitrogens with one attached hydrogen (secondary N) is 1. The Balaban J connectivity index is 1.33. The lowest BCUT2D eigenvalue weighted by molar-refractivity contribution is -0.131. The van der Waals surface area contributed by atoms with Crippen LogP contribution in [0.25, 0.3) is 0 Å². The van der Waals surface area contributed by atoms with E-state index in [1.807, 2.05) is 52.5 Å². The average Bonchev–Trinajstić information content (AvgIpc) is 3.61. The highest BCUT2D eigenvalue weighted by atomic mass is 32.1. The van der Waals surface area contributed by atoms with Gasteiger partial charge in [-0.25, -0.2) is 9.48 Å². The highest BCUT2D eigenvalue weighted by molar-refractivity contribution is 7.10. The minimum atomic E-state index is -0.727. The number of imide groups is 1. The number of amides is 4. The second-order valence-electron chi connectivity index (χ2n) is 8.39. The standard InChI is InChI=1S/C24H25N5O3S/c30-21(26-20-12-13-25-29(20)18-9-4-5-10-18)16-28-23(31)22(19-11-6-14-33-19)27(24(28)32)15-17-7-2-1-3-8-17/h1-3,6-8,11-14,18,22H,4-5,9-10,15-16H2,(H,26,30)/t22-/m0/s1. The van der Waals surface area contributed by atoms with Crippen LogP contribution in [0.15, 0.2) is 60.1 Å². The number of aromatic nitrogens is 2. The smallest absolute Gasteiger partial charge is 0.309 e. The van der Waals surface area contributed by atoms with Crippen molar-refractivity contribution in [2.75, 3.05) is 11.9 Å². The summed E-state index contributed by atoms with van der Waals surface area (Å²) in [5.74, 6) is -0.192. The van der Waals surface area contributed by atoms with E-state index in [4.69, 9.17) is 0 Å². The van der Waals surface area contributed by atoms with Crippen molar-refractivity contribution in [2.24, 2.45) is 0 Å². The van der Waals surface area contributed by atoms with Gasteiger partial charge in [0.1, 0.15) is 18.4 Å². The van der Waals surface area contributed by atoms with Crippen molar-refractivity contribution in [2.45, 2.75) is 44.3 Å². The van der Waals surface area contributed by atoms with Gasteiger partial charge in [-0.05, 0) is 29.9 Å². The fourth-order valence-electron chi connectivity index (χ4n) is 4.63. The Kier molecular flexibility index (Phi) is 5.95. The van der Waals surface area contributed by atoms with Crippen molar-refractivity contribution >= 4 is 35.0 Å². The molecule has 3 aromatic rings. The maximum Gasteiger partial charge on any atom is 0.328 e. The Hall–Kier alpha value is -3.46. The summed E-state index contributed by atoms with van der Waals surface area (Å²) in [6.45, 7) is -0.0404. The van der Waals surface area contributed by atoms with Gasteiger partial charge in [0.15, 0.2) is 0 Å². The van der Waals surface area contributed by atoms with Gasteiger partial charge >= 0.3 is 6.03 Å². The molecule has 2 aliphatic rings. The molecule has 0 unspecified atom stereocenters. The van der Waals surface area contributed by atoms with E-state index in [0.29, 0.717) is 12.4 Å². The Morgan fingerprint density at radius 3 is 2.58 bits per heavy atom. The van der Waals surface area contributed by atoms with Crippen LogP contribution in [0.5, 0.6) is 0 Å². The van der Waals surface area contributed by atoms with Gasteiger partial charge in [-0.2, -0.15) is 5.10 Å². The molecular formula is C24H25N5O3S. The number of carbonyl (C=O) groups is 3. The largest absolute Gasteiger partial charge is 0.328 e. The Bertz CT molecular complexity index is 1140. The van der Waals surface area contributed by atoms with E-state index < -0.39 is 18.0 Å². The molecule has 170 valence electrons. The molecule has 1 saturated heterocycles. The van der Waals surface area contributed by atoms with Crippen molar-refractivity contribution in [3.63, 3.8) is 0 Å². The van der Waals surface area contributed by atoms with E-state index in [2.05, 4.69) is 10.4 Å². The predicted molar refractivity (Wildman–Crippen MR) is 125 cm³/mol. The van der Waals surface area contributed by atoms with Crippen LogP contribution in [0.2, 0.25) is 0 Å². The lowest BCUT2D eigenvalue weighted by Crippen LogP contribution is -2.39. The highest BCUT2D eigenvalue weighted by Crippen LogP contribution is 2.35. The number of hydrogen-bond donors (Lipinski definition) is 1. The molecule has 0 bridgehead atoms. The SMILES string of the molecule is O=C(CN1C(=O)[C@H](c2cccs2)N(Cc2ccccc2)C1=O)Nc1ccnn1C1CCCC1. The fourth-order valence-corrected chi connectivity index (χ4v) is 5.45. The molecule has 8 nitrogen and oxygen atoms in total. The van der Waals surface area contributed by atoms with Gasteiger partial charge < -0.3 is 10.2 Å². The Labute approximate surface area is 195 Å². The number of urea groups is 1. The van der Waals surface area contributed by atoms with Crippen molar-refractivity contribution in [1.82, 2.24) is 19.6 Å². The summed E-state index contributed by atoms with van der Waals surface area (Å²) >= 11 is 1.43. The number of rotatable bonds is 7. The Morgan fingerprint density at radius 1 is 1.06 bits per heavy atom. The maximum absolute atomic E-state index is 13.3. The summed E-state index contributed by atoms with van der Waals surface area (Å²) in [7, 11) is 0. The summed E-state index contributed by atoms with van der Waals surface area (Å²) in [4.78, 5) is 42.8. The predicted octanol–water partition coefficient (Wildman–Crippen LogP) is 4.20. The Morgan fingerprint density at radius 2 is 1.85 bits per heavy atom. The third-order valence-corrected chi connectivity index (χ3v) is 7.13. The third kappa shape index (κ3) is 4.28. The molecule has 1 N–H and O–H groups in total. The van der Waals surface area contributed by atoms with Gasteiger partial charge in [-0.1, -0.05) is 49.2 Å². The molecule has 1 aromatic carbocycles. The van der Waals surface area contributed by atoms with Crippen molar-refractivity contribution < 1.29 is 14.4 Å². The van der Waals surface area contributed by atoms with Crippen LogP contribution in [0.4, 0.5) is 10.6 Å². The fraction of sp³-hybridized carbons (Fsp3) is 0.333. The zero-order valence-electron chi connectivity index (χ0n) is 18.1. The molecule has 2 aromatic heterocycles. The average molecular weight is 464 g/mol. The second kappa shape index (κ2) is 9.19. The first kappa shape index (κ1) is 21.4. The van der Waals surface area contributed by atoms with E-state index in [9.17, 15) is 14.4 Å². The molecule has 3 heterocycles.